The lowest BCUT2D eigenvalue weighted by Gasteiger charge is -2.21. The molecule has 1 atom stereocenters. The maximum Gasteiger partial charge on any atom is 0.268 e. The highest BCUT2D eigenvalue weighted by molar-refractivity contribution is 6.77. The van der Waals surface area contributed by atoms with Crippen LogP contribution in [0.3, 0.4) is 0 Å². The normalized spacial score (nSPS) is 21.1. The zero-order valence-electron chi connectivity index (χ0n) is 13.2. The van der Waals surface area contributed by atoms with E-state index in [2.05, 4.69) is 33.7 Å². The van der Waals surface area contributed by atoms with Gasteiger partial charge in [-0.2, -0.15) is 0 Å². The van der Waals surface area contributed by atoms with Crippen LogP contribution in [0, 0.1) is 5.82 Å². The minimum absolute atomic E-state index is 0.0465. The molecular formula is C15H20ClFN4OSi. The van der Waals surface area contributed by atoms with E-state index in [1.54, 1.807) is 0 Å². The SMILES string of the molecule is C[Si]1(C)CCCC(NC(=O)c2cc3c(F)c(Cl)ncc3[nH]2)NC1. The van der Waals surface area contributed by atoms with E-state index in [4.69, 9.17) is 11.6 Å². The van der Waals surface area contributed by atoms with Gasteiger partial charge in [-0.05, 0) is 18.7 Å². The van der Waals surface area contributed by atoms with Crippen molar-refractivity contribution in [3.63, 3.8) is 0 Å². The highest BCUT2D eigenvalue weighted by Crippen LogP contribution is 2.23. The average molecular weight is 355 g/mol. The molecule has 0 bridgehead atoms. The lowest BCUT2D eigenvalue weighted by Crippen LogP contribution is -2.49. The summed E-state index contributed by atoms with van der Waals surface area (Å²) in [7, 11) is -1.20. The zero-order valence-corrected chi connectivity index (χ0v) is 14.9. The van der Waals surface area contributed by atoms with Crippen LogP contribution in [0.15, 0.2) is 12.3 Å². The minimum atomic E-state index is -1.20. The summed E-state index contributed by atoms with van der Waals surface area (Å²) in [5, 5.41) is 6.49. The van der Waals surface area contributed by atoms with Crippen LogP contribution in [0.25, 0.3) is 10.9 Å². The predicted octanol–water partition coefficient (Wildman–Crippen LogP) is 3.04. The van der Waals surface area contributed by atoms with Gasteiger partial charge in [0.1, 0.15) is 5.69 Å². The largest absolute Gasteiger partial charge is 0.349 e. The summed E-state index contributed by atoms with van der Waals surface area (Å²) in [4.78, 5) is 19.0. The van der Waals surface area contributed by atoms with Crippen molar-refractivity contribution in [3.8, 4) is 0 Å². The van der Waals surface area contributed by atoms with Gasteiger partial charge in [0.15, 0.2) is 11.0 Å². The van der Waals surface area contributed by atoms with Crippen molar-refractivity contribution in [2.45, 2.75) is 38.1 Å². The number of aromatic nitrogens is 2. The Bertz CT molecular complexity index is 748. The second kappa shape index (κ2) is 6.22. The molecule has 2 aromatic rings. The highest BCUT2D eigenvalue weighted by Gasteiger charge is 2.26. The van der Waals surface area contributed by atoms with E-state index in [0.717, 1.165) is 19.0 Å². The maximum absolute atomic E-state index is 13.9. The molecule has 5 nitrogen and oxygen atoms in total. The Morgan fingerprint density at radius 1 is 1.52 bits per heavy atom. The number of pyridine rings is 1. The molecule has 3 rings (SSSR count). The van der Waals surface area contributed by atoms with Gasteiger partial charge in [-0.1, -0.05) is 37.2 Å². The van der Waals surface area contributed by atoms with Crippen molar-refractivity contribution in [2.75, 3.05) is 6.17 Å². The molecule has 1 unspecified atom stereocenters. The van der Waals surface area contributed by atoms with E-state index in [-0.39, 0.29) is 22.6 Å². The van der Waals surface area contributed by atoms with E-state index >= 15 is 0 Å². The fraction of sp³-hybridized carbons (Fsp3) is 0.467. The van der Waals surface area contributed by atoms with Crippen LogP contribution in [0.1, 0.15) is 23.3 Å². The zero-order chi connectivity index (χ0) is 16.6. The van der Waals surface area contributed by atoms with Gasteiger partial charge in [0.05, 0.1) is 26.0 Å². The van der Waals surface area contributed by atoms with E-state index in [0.29, 0.717) is 11.2 Å². The van der Waals surface area contributed by atoms with Crippen molar-refractivity contribution in [1.29, 1.82) is 0 Å². The van der Waals surface area contributed by atoms with E-state index in [1.807, 2.05) is 0 Å². The maximum atomic E-state index is 13.9. The van der Waals surface area contributed by atoms with Crippen molar-refractivity contribution < 1.29 is 9.18 Å². The summed E-state index contributed by atoms with van der Waals surface area (Å²) in [5.74, 6) is -0.865. The standard InChI is InChI=1S/C15H20ClFN4OSi/c1-23(2)5-3-4-12(19-8-23)21-15(22)10-6-9-11(20-10)7-18-14(16)13(9)17/h6-7,12,19-20H,3-5,8H2,1-2H3,(H,21,22). The number of rotatable bonds is 2. The van der Waals surface area contributed by atoms with Crippen LogP contribution in [0.2, 0.25) is 24.3 Å². The minimum Gasteiger partial charge on any atom is -0.349 e. The van der Waals surface area contributed by atoms with Crippen LogP contribution in [0.4, 0.5) is 4.39 Å². The van der Waals surface area contributed by atoms with E-state index < -0.39 is 13.9 Å². The molecule has 0 aliphatic carbocycles. The number of fused-ring (bicyclic) bond motifs is 1. The Labute approximate surface area is 140 Å². The molecule has 0 spiro atoms. The number of hydrogen-bond donors (Lipinski definition) is 3. The molecule has 1 aliphatic rings. The van der Waals surface area contributed by atoms with Gasteiger partial charge in [0.25, 0.3) is 5.91 Å². The smallest absolute Gasteiger partial charge is 0.268 e. The summed E-state index contributed by atoms with van der Waals surface area (Å²) in [6.07, 6.45) is 4.38. The van der Waals surface area contributed by atoms with Gasteiger partial charge in [0.2, 0.25) is 0 Å². The number of amides is 1. The third-order valence-corrected chi connectivity index (χ3v) is 7.43. The Hall–Kier alpha value is -1.44. The second-order valence-corrected chi connectivity index (χ2v) is 12.4. The Kier molecular flexibility index (Phi) is 4.44. The topological polar surface area (TPSA) is 69.8 Å². The lowest BCUT2D eigenvalue weighted by molar-refractivity contribution is 0.0924. The number of H-pyrrole nitrogens is 1. The second-order valence-electron chi connectivity index (χ2n) is 6.84. The molecule has 3 N–H and O–H groups in total. The number of carbonyl (C=O) groups excluding carboxylic acids is 1. The van der Waals surface area contributed by atoms with Crippen molar-refractivity contribution in [3.05, 3.63) is 28.9 Å². The van der Waals surface area contributed by atoms with Gasteiger partial charge in [-0.15, -0.1) is 0 Å². The number of hydrogen-bond acceptors (Lipinski definition) is 3. The van der Waals surface area contributed by atoms with Crippen molar-refractivity contribution in [1.82, 2.24) is 20.6 Å². The number of carbonyl (C=O) groups is 1. The first kappa shape index (κ1) is 16.4. The molecule has 2 aromatic heterocycles. The fourth-order valence-electron chi connectivity index (χ4n) is 2.90. The third kappa shape index (κ3) is 3.57. The van der Waals surface area contributed by atoms with Crippen LogP contribution >= 0.6 is 11.6 Å². The molecule has 1 saturated heterocycles. The Morgan fingerprint density at radius 2 is 2.30 bits per heavy atom. The molecule has 124 valence electrons. The first-order valence-electron chi connectivity index (χ1n) is 7.73. The molecule has 8 heteroatoms. The summed E-state index contributed by atoms with van der Waals surface area (Å²) in [6, 6.07) is 2.73. The first-order chi connectivity index (χ1) is 10.9. The number of halogens is 2. The monoisotopic (exact) mass is 354 g/mol. The molecular weight excluding hydrogens is 335 g/mol. The molecule has 0 radical (unpaired) electrons. The third-order valence-electron chi connectivity index (χ3n) is 4.30. The summed E-state index contributed by atoms with van der Waals surface area (Å²) in [6.45, 7) is 4.70. The number of nitrogens with one attached hydrogen (secondary N) is 3. The highest BCUT2D eigenvalue weighted by atomic mass is 35.5. The summed E-state index contributed by atoms with van der Waals surface area (Å²) >= 11 is 5.67. The molecule has 23 heavy (non-hydrogen) atoms. The van der Waals surface area contributed by atoms with Crippen LogP contribution in [-0.4, -0.2) is 36.3 Å². The van der Waals surface area contributed by atoms with Crippen LogP contribution in [0.5, 0.6) is 0 Å². The van der Waals surface area contributed by atoms with Gasteiger partial charge < -0.3 is 15.6 Å². The molecule has 0 aromatic carbocycles. The van der Waals surface area contributed by atoms with Crippen molar-refractivity contribution >= 4 is 36.5 Å². The van der Waals surface area contributed by atoms with Gasteiger partial charge >= 0.3 is 0 Å². The average Bonchev–Trinajstić information content (AvgIpc) is 2.86. The van der Waals surface area contributed by atoms with E-state index in [9.17, 15) is 9.18 Å². The van der Waals surface area contributed by atoms with Crippen LogP contribution in [-0.2, 0) is 0 Å². The molecule has 1 fully saturated rings. The number of aromatic amines is 1. The summed E-state index contributed by atoms with van der Waals surface area (Å²) < 4.78 is 13.9. The summed E-state index contributed by atoms with van der Waals surface area (Å²) in [5.41, 5.74) is 0.768. The molecule has 1 aliphatic heterocycles. The predicted molar refractivity (Wildman–Crippen MR) is 91.8 cm³/mol. The fourth-order valence-corrected chi connectivity index (χ4v) is 5.19. The van der Waals surface area contributed by atoms with E-state index in [1.165, 1.54) is 18.3 Å². The molecule has 3 heterocycles. The quantitative estimate of drug-likeness (QED) is 0.573. The van der Waals surface area contributed by atoms with Crippen LogP contribution < -0.4 is 10.6 Å². The van der Waals surface area contributed by atoms with Gasteiger partial charge in [-0.3, -0.25) is 4.79 Å². The molecule has 1 amide bonds. The molecule has 0 saturated carbocycles. The van der Waals surface area contributed by atoms with Gasteiger partial charge in [0, 0.05) is 5.39 Å². The van der Waals surface area contributed by atoms with Crippen molar-refractivity contribution in [2.24, 2.45) is 0 Å². The lowest BCUT2D eigenvalue weighted by atomic mass is 10.2. The Morgan fingerprint density at radius 3 is 3.09 bits per heavy atom. The number of nitrogens with zero attached hydrogens (tertiary/aromatic N) is 1. The first-order valence-corrected chi connectivity index (χ1v) is 11.5. The Balaban J connectivity index is 1.75. The van der Waals surface area contributed by atoms with Gasteiger partial charge in [-0.25, -0.2) is 9.37 Å².